The van der Waals surface area contributed by atoms with E-state index >= 15 is 0 Å². The van der Waals surface area contributed by atoms with Crippen molar-refractivity contribution in [3.8, 4) is 11.5 Å². The Morgan fingerprint density at radius 1 is 1.14 bits per heavy atom. The van der Waals surface area contributed by atoms with Crippen molar-refractivity contribution in [2.24, 2.45) is 5.11 Å². The van der Waals surface area contributed by atoms with Gasteiger partial charge in [-0.2, -0.15) is 4.98 Å². The van der Waals surface area contributed by atoms with Gasteiger partial charge in [0.25, 0.3) is 0 Å². The summed E-state index contributed by atoms with van der Waals surface area (Å²) in [4.78, 5) is 29.0. The number of carbonyl (C=O) groups excluding carboxylic acids is 1. The maximum atomic E-state index is 13.0. The lowest BCUT2D eigenvalue weighted by atomic mass is 9.95. The Morgan fingerprint density at radius 2 is 1.81 bits per heavy atom. The number of aromatic nitrogens is 2. The Kier molecular flexibility index (Phi) is 8.72. The van der Waals surface area contributed by atoms with Crippen LogP contribution in [0.25, 0.3) is 21.3 Å². The molecule has 1 unspecified atom stereocenters. The average molecular weight is 614 g/mol. The number of ether oxygens (including phenoxy) is 2. The van der Waals surface area contributed by atoms with Crippen molar-refractivity contribution in [3.63, 3.8) is 0 Å². The minimum atomic E-state index is 0.149. The van der Waals surface area contributed by atoms with Gasteiger partial charge in [-0.1, -0.05) is 52.0 Å². The monoisotopic (exact) mass is 614 g/mol. The van der Waals surface area contributed by atoms with E-state index in [4.69, 9.17) is 25.7 Å². The van der Waals surface area contributed by atoms with Gasteiger partial charge in [0.15, 0.2) is 11.5 Å². The van der Waals surface area contributed by atoms with Crippen LogP contribution in [-0.4, -0.2) is 65.6 Å². The Morgan fingerprint density at radius 3 is 2.43 bits per heavy atom. The van der Waals surface area contributed by atoms with Crippen LogP contribution in [0.4, 0.5) is 17.5 Å². The molecule has 0 bridgehead atoms. The normalized spacial score (nSPS) is 14.2. The van der Waals surface area contributed by atoms with Gasteiger partial charge < -0.3 is 25.0 Å². The maximum absolute atomic E-state index is 13.0. The number of hydrogen-bond donors (Lipinski definition) is 1. The molecule has 1 aliphatic heterocycles. The van der Waals surface area contributed by atoms with Crippen LogP contribution in [0.2, 0.25) is 0 Å². The number of nitrogen functional groups attached to an aromatic ring is 1. The molecule has 4 rings (SSSR count). The van der Waals surface area contributed by atoms with E-state index in [9.17, 15) is 4.79 Å². The molecule has 0 saturated carbocycles. The van der Waals surface area contributed by atoms with Crippen molar-refractivity contribution in [1.29, 1.82) is 0 Å². The highest BCUT2D eigenvalue weighted by molar-refractivity contribution is 14.1. The van der Waals surface area contributed by atoms with Crippen LogP contribution in [-0.2, 0) is 4.79 Å². The van der Waals surface area contributed by atoms with Crippen molar-refractivity contribution >= 4 is 56.9 Å². The van der Waals surface area contributed by atoms with Crippen LogP contribution < -0.4 is 20.1 Å². The van der Waals surface area contributed by atoms with Gasteiger partial charge in [0.05, 0.1) is 19.7 Å². The molecule has 0 aliphatic carbocycles. The zero-order chi connectivity index (χ0) is 26.4. The fourth-order valence-corrected chi connectivity index (χ4v) is 5.37. The van der Waals surface area contributed by atoms with Gasteiger partial charge in [-0.15, -0.1) is 0 Å². The third-order valence-corrected chi connectivity index (χ3v) is 7.61. The number of halogens is 1. The molecule has 1 fully saturated rings. The highest BCUT2D eigenvalue weighted by Crippen LogP contribution is 2.34. The first-order valence-electron chi connectivity index (χ1n) is 11.9. The molecular weight excluding hydrogens is 585 g/mol. The number of nitrogens with two attached hydrogens (primary N) is 1. The van der Waals surface area contributed by atoms with Crippen molar-refractivity contribution < 1.29 is 14.3 Å². The fraction of sp³-hybridized carbons (Fsp3) is 0.400. The van der Waals surface area contributed by atoms with Crippen LogP contribution in [0, 0.1) is 0 Å². The van der Waals surface area contributed by atoms with E-state index in [1.54, 1.807) is 26.4 Å². The number of amides is 1. The van der Waals surface area contributed by atoms with Crippen LogP contribution >= 0.6 is 22.6 Å². The summed E-state index contributed by atoms with van der Waals surface area (Å²) in [5.74, 6) is 2.47. The largest absolute Gasteiger partial charge is 0.493 e. The molecular formula is C25H29IN8O3. The van der Waals surface area contributed by atoms with Crippen molar-refractivity contribution in [2.75, 3.05) is 55.5 Å². The minimum Gasteiger partial charge on any atom is -0.493 e. The van der Waals surface area contributed by atoms with E-state index in [0.717, 1.165) is 16.4 Å². The second-order valence-electron chi connectivity index (χ2n) is 8.67. The highest BCUT2D eigenvalue weighted by atomic mass is 125. The van der Waals surface area contributed by atoms with Gasteiger partial charge >= 0.3 is 0 Å². The molecule has 37 heavy (non-hydrogen) atoms. The fourth-order valence-electron chi connectivity index (χ4n) is 4.42. The predicted molar refractivity (Wildman–Crippen MR) is 152 cm³/mol. The molecule has 0 spiro atoms. The molecule has 194 valence electrons. The molecule has 1 amide bonds. The Hall–Kier alpha value is -3.51. The molecule has 2 N–H and O–H groups in total. The van der Waals surface area contributed by atoms with Gasteiger partial charge in [-0.25, -0.2) is 4.98 Å². The summed E-state index contributed by atoms with van der Waals surface area (Å²) < 4.78 is 11.7. The molecule has 0 radical (unpaired) electrons. The standard InChI is InChI=1S/C25H29IN8O3/c1-36-21-13-19-20(14-22(21)37-2)29-25(30-24(19)27)34-11-9-33(10-12-34)23(35)8-5-17(15-26)16-3-6-18(7-4-16)31-32-28/h3-4,6-7,13-14,17H,5,8-12,15H2,1-2H3,(H2,27,29,30)/i26-2. The van der Waals surface area contributed by atoms with E-state index < -0.39 is 0 Å². The van der Waals surface area contributed by atoms with Gasteiger partial charge in [0.2, 0.25) is 11.9 Å². The van der Waals surface area contributed by atoms with Crippen LogP contribution in [0.15, 0.2) is 41.5 Å². The number of fused-ring (bicyclic) bond motifs is 1. The third-order valence-electron chi connectivity index (χ3n) is 6.55. The third kappa shape index (κ3) is 6.08. The number of nitrogens with zero attached hydrogens (tertiary/aromatic N) is 7. The lowest BCUT2D eigenvalue weighted by Gasteiger charge is -2.35. The molecule has 12 heteroatoms. The molecule has 2 aromatic carbocycles. The predicted octanol–water partition coefficient (Wildman–Crippen LogP) is 4.82. The van der Waals surface area contributed by atoms with Gasteiger partial charge in [-0.3, -0.25) is 4.79 Å². The zero-order valence-electron chi connectivity index (χ0n) is 20.8. The Balaban J connectivity index is 1.36. The molecule has 1 aromatic heterocycles. The highest BCUT2D eigenvalue weighted by Gasteiger charge is 2.24. The molecule has 11 nitrogen and oxygen atoms in total. The molecule has 1 aliphatic rings. The molecule has 1 saturated heterocycles. The summed E-state index contributed by atoms with van der Waals surface area (Å²) in [6.07, 6.45) is 1.24. The van der Waals surface area contributed by atoms with Crippen molar-refractivity contribution in [3.05, 3.63) is 52.4 Å². The van der Waals surface area contributed by atoms with Crippen LogP contribution in [0.3, 0.4) is 0 Å². The lowest BCUT2D eigenvalue weighted by molar-refractivity contribution is -0.131. The molecule has 3 aromatic rings. The smallest absolute Gasteiger partial charge is 0.228 e. The summed E-state index contributed by atoms with van der Waals surface area (Å²) in [5, 5.41) is 4.32. The number of benzene rings is 2. The number of alkyl halides is 1. The lowest BCUT2D eigenvalue weighted by Crippen LogP contribution is -2.49. The Bertz CT molecular complexity index is 1310. The topological polar surface area (TPSA) is 143 Å². The van der Waals surface area contributed by atoms with Gasteiger partial charge in [0.1, 0.15) is 5.82 Å². The van der Waals surface area contributed by atoms with Crippen molar-refractivity contribution in [1.82, 2.24) is 14.9 Å². The van der Waals surface area contributed by atoms with E-state index in [1.807, 2.05) is 29.2 Å². The first kappa shape index (κ1) is 26.6. The summed E-state index contributed by atoms with van der Waals surface area (Å²) in [6.45, 7) is 2.45. The zero-order valence-corrected chi connectivity index (χ0v) is 23.0. The average Bonchev–Trinajstić information content (AvgIpc) is 2.93. The van der Waals surface area contributed by atoms with Gasteiger partial charge in [0, 0.05) is 59.1 Å². The number of rotatable bonds is 9. The van der Waals surface area contributed by atoms with Crippen molar-refractivity contribution in [2.45, 2.75) is 18.8 Å². The number of hydrogen-bond acceptors (Lipinski definition) is 8. The van der Waals surface area contributed by atoms with E-state index in [-0.39, 0.29) is 11.8 Å². The quantitative estimate of drug-likeness (QED) is 0.120. The van der Waals surface area contributed by atoms with E-state index in [0.29, 0.717) is 72.5 Å². The number of carbonyl (C=O) groups is 1. The second kappa shape index (κ2) is 12.2. The number of azide groups is 1. The second-order valence-corrected chi connectivity index (χ2v) is 9.55. The first-order chi connectivity index (χ1) is 18.0. The van der Waals surface area contributed by atoms with Crippen LogP contribution in [0.5, 0.6) is 11.5 Å². The maximum Gasteiger partial charge on any atom is 0.228 e. The summed E-state index contributed by atoms with van der Waals surface area (Å²) in [7, 11) is 3.15. The van der Waals surface area contributed by atoms with Crippen LogP contribution in [0.1, 0.15) is 24.3 Å². The first-order valence-corrected chi connectivity index (χ1v) is 13.4. The number of methoxy groups -OCH3 is 2. The SMILES string of the molecule is COc1cc2nc(N3CCN(C(=O)CCC(C[125I])c4ccc(N=[N+]=[N-])cc4)CC3)nc(N)c2cc1OC. The summed E-state index contributed by atoms with van der Waals surface area (Å²) >= 11 is 2.35. The van der Waals surface area contributed by atoms with E-state index in [1.165, 1.54) is 0 Å². The number of anilines is 2. The van der Waals surface area contributed by atoms with Gasteiger partial charge in [-0.05, 0) is 29.5 Å². The molecule has 1 atom stereocenters. The summed E-state index contributed by atoms with van der Waals surface area (Å²) in [6, 6.07) is 11.1. The minimum absolute atomic E-state index is 0.149. The summed E-state index contributed by atoms with van der Waals surface area (Å²) in [5.41, 5.74) is 17.2. The van der Waals surface area contributed by atoms with E-state index in [2.05, 4.69) is 42.5 Å². The number of piperazine rings is 1. The molecule has 2 heterocycles. The Labute approximate surface area is 228 Å².